The number of unbranched alkanes of at least 4 members (excludes halogenated alkanes) is 1. The molecule has 1 fully saturated rings. The Morgan fingerprint density at radius 1 is 1.09 bits per heavy atom. The number of Topliss-reactive ketones (excluding diaryl/α,β-unsaturated/α-hetero) is 1. The van der Waals surface area contributed by atoms with Crippen LogP contribution in [0.25, 0.3) is 5.76 Å². The number of anilines is 1. The summed E-state index contributed by atoms with van der Waals surface area (Å²) in [5.74, 6) is 0.282. The molecular formula is C33H31N3O5S2. The van der Waals surface area contributed by atoms with Crippen LogP contribution in [0.4, 0.5) is 5.13 Å². The first-order valence-corrected chi connectivity index (χ1v) is 16.1. The number of ketones is 1. The lowest BCUT2D eigenvalue weighted by Gasteiger charge is -2.23. The number of aliphatic hydroxyl groups excluding tert-OH is 1. The van der Waals surface area contributed by atoms with E-state index in [0.29, 0.717) is 40.0 Å². The average molecular weight is 614 g/mol. The normalized spacial score (nSPS) is 19.0. The van der Waals surface area contributed by atoms with Gasteiger partial charge in [-0.1, -0.05) is 78.9 Å². The summed E-state index contributed by atoms with van der Waals surface area (Å²) in [5, 5.41) is 20.6. The summed E-state index contributed by atoms with van der Waals surface area (Å²) >= 11 is 2.75. The van der Waals surface area contributed by atoms with Crippen molar-refractivity contribution in [1.29, 1.82) is 0 Å². The fourth-order valence-corrected chi connectivity index (χ4v) is 7.08. The molecule has 0 bridgehead atoms. The van der Waals surface area contributed by atoms with E-state index >= 15 is 0 Å². The maximum absolute atomic E-state index is 13.7. The van der Waals surface area contributed by atoms with Crippen molar-refractivity contribution in [3.05, 3.63) is 101 Å². The number of carbonyl (C=O) groups excluding carboxylic acids is 2. The van der Waals surface area contributed by atoms with Crippen molar-refractivity contribution in [2.45, 2.75) is 55.3 Å². The van der Waals surface area contributed by atoms with Gasteiger partial charge >= 0.3 is 5.91 Å². The molecule has 2 atom stereocenters. The minimum absolute atomic E-state index is 0.00342. The number of thioether (sulfide) groups is 1. The third kappa shape index (κ3) is 6.03. The van der Waals surface area contributed by atoms with E-state index in [0.717, 1.165) is 29.7 Å². The molecule has 10 heteroatoms. The molecule has 2 aliphatic heterocycles. The predicted molar refractivity (Wildman–Crippen MR) is 168 cm³/mol. The minimum Gasteiger partial charge on any atom is -0.507 e. The van der Waals surface area contributed by atoms with Gasteiger partial charge in [-0.2, -0.15) is 0 Å². The average Bonchev–Trinajstić information content (AvgIpc) is 3.71. The molecule has 8 nitrogen and oxygen atoms in total. The summed E-state index contributed by atoms with van der Waals surface area (Å²) in [6, 6.07) is 21.7. The number of fused-ring (bicyclic) bond motifs is 1. The molecule has 0 saturated carbocycles. The Morgan fingerprint density at radius 3 is 2.74 bits per heavy atom. The van der Waals surface area contributed by atoms with E-state index in [1.807, 2.05) is 67.6 Å². The minimum atomic E-state index is -0.918. The number of rotatable bonds is 10. The largest absolute Gasteiger partial charge is 0.507 e. The van der Waals surface area contributed by atoms with Crippen molar-refractivity contribution < 1.29 is 24.2 Å². The Bertz CT molecular complexity index is 1690. The van der Waals surface area contributed by atoms with Gasteiger partial charge < -0.3 is 14.6 Å². The first kappa shape index (κ1) is 28.9. The molecule has 4 aromatic rings. The van der Waals surface area contributed by atoms with E-state index in [1.54, 1.807) is 12.1 Å². The van der Waals surface area contributed by atoms with Gasteiger partial charge in [0, 0.05) is 17.7 Å². The predicted octanol–water partition coefficient (Wildman–Crippen LogP) is 6.96. The summed E-state index contributed by atoms with van der Waals surface area (Å²) in [6.45, 7) is 4.62. The van der Waals surface area contributed by atoms with E-state index in [2.05, 4.69) is 17.1 Å². The van der Waals surface area contributed by atoms with Crippen molar-refractivity contribution >= 4 is 45.7 Å². The highest BCUT2D eigenvalue weighted by molar-refractivity contribution is 8.00. The summed E-state index contributed by atoms with van der Waals surface area (Å²) in [7, 11) is 0. The Hall–Kier alpha value is -4.15. The highest BCUT2D eigenvalue weighted by Crippen LogP contribution is 2.45. The quantitative estimate of drug-likeness (QED) is 0.0512. The van der Waals surface area contributed by atoms with Gasteiger partial charge in [-0.25, -0.2) is 0 Å². The molecule has 2 aliphatic rings. The third-order valence-electron chi connectivity index (χ3n) is 7.36. The van der Waals surface area contributed by atoms with Gasteiger partial charge in [0.2, 0.25) is 5.13 Å². The van der Waals surface area contributed by atoms with E-state index in [-0.39, 0.29) is 22.6 Å². The highest BCUT2D eigenvalue weighted by Gasteiger charge is 2.48. The lowest BCUT2D eigenvalue weighted by Crippen LogP contribution is -2.29. The zero-order chi connectivity index (χ0) is 29.9. The molecule has 6 rings (SSSR count). The molecule has 220 valence electrons. The fraction of sp³-hybridized carbons (Fsp3) is 0.273. The van der Waals surface area contributed by atoms with Crippen molar-refractivity contribution in [3.63, 3.8) is 0 Å². The molecule has 0 spiro atoms. The number of carbonyl (C=O) groups is 2. The number of aliphatic hydroxyl groups is 1. The summed E-state index contributed by atoms with van der Waals surface area (Å²) < 4.78 is 12.4. The van der Waals surface area contributed by atoms with Crippen LogP contribution < -0.4 is 14.4 Å². The topological polar surface area (TPSA) is 102 Å². The summed E-state index contributed by atoms with van der Waals surface area (Å²) in [6.07, 6.45) is 2.61. The molecular weight excluding hydrogens is 583 g/mol. The Balaban J connectivity index is 1.39. The molecule has 2 unspecified atom stereocenters. The van der Waals surface area contributed by atoms with Gasteiger partial charge in [-0.15, -0.1) is 10.2 Å². The van der Waals surface area contributed by atoms with Crippen LogP contribution in [0.15, 0.2) is 82.7 Å². The fourth-order valence-electron chi connectivity index (χ4n) is 5.26. The maximum atomic E-state index is 13.7. The standard InChI is InChI=1S/C33H31N3O5S2/c1-3-4-15-40-25-12-8-11-22(18-25)28-27(29(37)23-13-14-26-24(17-23)16-20(2)41-26)30(38)31(39)36(28)32-34-35-33(43-32)42-19-21-9-6-5-7-10-21/h5-14,17-18,20,28,37H,3-4,15-16,19H2,1-2H3/b29-27-. The molecule has 0 aliphatic carbocycles. The van der Waals surface area contributed by atoms with Crippen molar-refractivity contribution in [3.8, 4) is 11.5 Å². The highest BCUT2D eigenvalue weighted by atomic mass is 32.2. The molecule has 1 aromatic heterocycles. The number of benzene rings is 3. The van der Waals surface area contributed by atoms with E-state index in [4.69, 9.17) is 9.47 Å². The van der Waals surface area contributed by atoms with Crippen LogP contribution in [-0.4, -0.2) is 39.7 Å². The van der Waals surface area contributed by atoms with Gasteiger partial charge in [0.05, 0.1) is 18.2 Å². The van der Waals surface area contributed by atoms with Crippen LogP contribution in [-0.2, 0) is 21.8 Å². The van der Waals surface area contributed by atoms with Crippen LogP contribution in [0, 0.1) is 0 Å². The second-order valence-corrected chi connectivity index (χ2v) is 12.7. The van der Waals surface area contributed by atoms with Crippen LogP contribution >= 0.6 is 23.1 Å². The smallest absolute Gasteiger partial charge is 0.301 e. The SMILES string of the molecule is CCCCOc1cccc(C2/C(=C(/O)c3ccc4c(c3)CC(C)O4)C(=O)C(=O)N2c2nnc(SCc3ccccc3)s2)c1. The Labute approximate surface area is 258 Å². The van der Waals surface area contributed by atoms with Crippen LogP contribution in [0.3, 0.4) is 0 Å². The molecule has 1 amide bonds. The first-order chi connectivity index (χ1) is 20.9. The summed E-state index contributed by atoms with van der Waals surface area (Å²) in [5.41, 5.74) is 3.15. The molecule has 1 N–H and O–H groups in total. The van der Waals surface area contributed by atoms with Gasteiger partial charge in [-0.05, 0) is 60.4 Å². The molecule has 3 heterocycles. The van der Waals surface area contributed by atoms with Gasteiger partial charge in [0.15, 0.2) is 4.34 Å². The Morgan fingerprint density at radius 2 is 1.93 bits per heavy atom. The Kier molecular flexibility index (Phi) is 8.49. The number of nitrogens with zero attached hydrogens (tertiary/aromatic N) is 3. The van der Waals surface area contributed by atoms with Gasteiger partial charge in [0.25, 0.3) is 5.78 Å². The number of amides is 1. The lowest BCUT2D eigenvalue weighted by atomic mass is 9.94. The van der Waals surface area contributed by atoms with E-state index < -0.39 is 17.7 Å². The van der Waals surface area contributed by atoms with Crippen molar-refractivity contribution in [2.24, 2.45) is 0 Å². The van der Waals surface area contributed by atoms with Crippen molar-refractivity contribution in [1.82, 2.24) is 10.2 Å². The number of ether oxygens (including phenoxy) is 2. The van der Waals surface area contributed by atoms with Crippen molar-refractivity contribution in [2.75, 3.05) is 11.5 Å². The zero-order valence-electron chi connectivity index (χ0n) is 23.9. The third-order valence-corrected chi connectivity index (χ3v) is 9.49. The monoisotopic (exact) mass is 613 g/mol. The van der Waals surface area contributed by atoms with E-state index in [1.165, 1.54) is 28.0 Å². The van der Waals surface area contributed by atoms with Crippen LogP contribution in [0.2, 0.25) is 0 Å². The van der Waals surface area contributed by atoms with Crippen LogP contribution in [0.1, 0.15) is 55.0 Å². The number of hydrogen-bond donors (Lipinski definition) is 1. The maximum Gasteiger partial charge on any atom is 0.301 e. The second kappa shape index (κ2) is 12.6. The first-order valence-electron chi connectivity index (χ1n) is 14.3. The van der Waals surface area contributed by atoms with Gasteiger partial charge in [-0.3, -0.25) is 14.5 Å². The summed E-state index contributed by atoms with van der Waals surface area (Å²) in [4.78, 5) is 28.7. The molecule has 1 saturated heterocycles. The van der Waals surface area contributed by atoms with Gasteiger partial charge in [0.1, 0.15) is 23.4 Å². The molecule has 3 aromatic carbocycles. The lowest BCUT2D eigenvalue weighted by molar-refractivity contribution is -0.132. The number of hydrogen-bond acceptors (Lipinski definition) is 9. The van der Waals surface area contributed by atoms with E-state index in [9.17, 15) is 14.7 Å². The number of aromatic nitrogens is 2. The molecule has 0 radical (unpaired) electrons. The zero-order valence-corrected chi connectivity index (χ0v) is 25.5. The second-order valence-electron chi connectivity index (χ2n) is 10.5. The van der Waals surface area contributed by atoms with Crippen LogP contribution in [0.5, 0.6) is 11.5 Å². The molecule has 43 heavy (non-hydrogen) atoms.